The third kappa shape index (κ3) is 5.96. The van der Waals surface area contributed by atoms with E-state index in [0.29, 0.717) is 30.3 Å². The first-order valence-electron chi connectivity index (χ1n) is 13.1. The van der Waals surface area contributed by atoms with Gasteiger partial charge < -0.3 is 19.5 Å². The maximum Gasteiger partial charge on any atom is 0.295 e. The van der Waals surface area contributed by atoms with Crippen LogP contribution in [0, 0.1) is 0 Å². The zero-order valence-electron chi connectivity index (χ0n) is 23.0. The van der Waals surface area contributed by atoms with Gasteiger partial charge in [0.1, 0.15) is 17.3 Å². The predicted octanol–water partition coefficient (Wildman–Crippen LogP) is 7.06. The van der Waals surface area contributed by atoms with E-state index in [4.69, 9.17) is 21.1 Å². The molecule has 1 unspecified atom stereocenters. The van der Waals surface area contributed by atoms with Gasteiger partial charge in [0.05, 0.1) is 29.9 Å². The van der Waals surface area contributed by atoms with Gasteiger partial charge in [-0.25, -0.2) is 0 Å². The molecule has 1 aliphatic rings. The monoisotopic (exact) mass is 547 g/mol. The number of aliphatic hydroxyl groups is 1. The lowest BCUT2D eigenvalue weighted by Gasteiger charge is -2.27. The fourth-order valence-electron chi connectivity index (χ4n) is 4.74. The molecule has 204 valence electrons. The zero-order valence-corrected chi connectivity index (χ0v) is 23.7. The number of ether oxygens (including phenoxy) is 2. The standard InChI is InChI=1S/C32H34ClNO5/c1-6-38-23-10-8-9-20(17-23)19-34-28(21-11-13-22(14-12-21)32(3,4)5)27(30(36)31(34)37)29(35)25-18-24(39-7-2)15-16-26(25)33/h8-18,28,35H,6-7,19H2,1-5H3/b29-27+. The smallest absolute Gasteiger partial charge is 0.295 e. The summed E-state index contributed by atoms with van der Waals surface area (Å²) in [5, 5.41) is 11.8. The number of rotatable bonds is 8. The number of hydrogen-bond acceptors (Lipinski definition) is 5. The molecule has 0 aromatic heterocycles. The molecule has 0 saturated carbocycles. The number of halogens is 1. The highest BCUT2D eigenvalue weighted by Crippen LogP contribution is 2.42. The van der Waals surface area contributed by atoms with Crippen molar-refractivity contribution >= 4 is 29.1 Å². The Hall–Kier alpha value is -3.77. The third-order valence-corrected chi connectivity index (χ3v) is 7.03. The molecule has 1 N–H and O–H groups in total. The molecule has 4 rings (SSSR count). The summed E-state index contributed by atoms with van der Waals surface area (Å²) in [5.74, 6) is -0.624. The molecule has 1 amide bonds. The van der Waals surface area contributed by atoms with E-state index < -0.39 is 17.7 Å². The van der Waals surface area contributed by atoms with Gasteiger partial charge >= 0.3 is 0 Å². The van der Waals surface area contributed by atoms with Gasteiger partial charge in [-0.15, -0.1) is 0 Å². The molecule has 0 spiro atoms. The molecule has 1 atom stereocenters. The van der Waals surface area contributed by atoms with Crippen LogP contribution < -0.4 is 9.47 Å². The highest BCUT2D eigenvalue weighted by atomic mass is 35.5. The minimum absolute atomic E-state index is 0.0139. The van der Waals surface area contributed by atoms with Crippen molar-refractivity contribution < 1.29 is 24.2 Å². The van der Waals surface area contributed by atoms with E-state index in [9.17, 15) is 14.7 Å². The molecule has 3 aromatic rings. The SMILES string of the molecule is CCOc1cccc(CN2C(=O)C(=O)/C(=C(/O)c3cc(OCC)ccc3Cl)C2c2ccc(C(C)(C)C)cc2)c1. The summed E-state index contributed by atoms with van der Waals surface area (Å²) in [4.78, 5) is 28.5. The van der Waals surface area contributed by atoms with Crippen LogP contribution in [0.1, 0.15) is 62.9 Å². The number of nitrogens with zero attached hydrogens (tertiary/aromatic N) is 1. The number of Topliss-reactive ketones (excluding diaryl/α,β-unsaturated/α-hetero) is 1. The molecule has 6 nitrogen and oxygen atoms in total. The molecule has 0 aliphatic carbocycles. The van der Waals surface area contributed by atoms with Crippen LogP contribution in [0.2, 0.25) is 5.02 Å². The van der Waals surface area contributed by atoms with Gasteiger partial charge in [-0.1, -0.05) is 68.8 Å². The minimum atomic E-state index is -0.818. The molecule has 0 radical (unpaired) electrons. The molecular formula is C32H34ClNO5. The molecule has 1 aliphatic heterocycles. The van der Waals surface area contributed by atoms with Crippen molar-refractivity contribution in [3.8, 4) is 11.5 Å². The summed E-state index contributed by atoms with van der Waals surface area (Å²) >= 11 is 6.46. The molecule has 1 saturated heterocycles. The van der Waals surface area contributed by atoms with Gasteiger partial charge in [0.2, 0.25) is 0 Å². The number of carbonyl (C=O) groups is 2. The summed E-state index contributed by atoms with van der Waals surface area (Å²) in [6, 6.07) is 19.3. The number of benzene rings is 3. The first kappa shape index (κ1) is 28.2. The van der Waals surface area contributed by atoms with Crippen molar-refractivity contribution in [3.05, 3.63) is 99.6 Å². The van der Waals surface area contributed by atoms with E-state index in [1.54, 1.807) is 18.2 Å². The molecule has 1 heterocycles. The van der Waals surface area contributed by atoms with Crippen molar-refractivity contribution in [2.45, 2.75) is 52.6 Å². The fourth-order valence-corrected chi connectivity index (χ4v) is 4.95. The van der Waals surface area contributed by atoms with Crippen LogP contribution in [0.3, 0.4) is 0 Å². The molecule has 0 bridgehead atoms. The quantitative estimate of drug-likeness (QED) is 0.186. The average molecular weight is 548 g/mol. The number of aliphatic hydroxyl groups excluding tert-OH is 1. The average Bonchev–Trinajstić information content (AvgIpc) is 3.14. The number of ketones is 1. The van der Waals surface area contributed by atoms with E-state index in [1.807, 2.05) is 62.4 Å². The molecule has 1 fully saturated rings. The van der Waals surface area contributed by atoms with E-state index in [2.05, 4.69) is 20.8 Å². The second kappa shape index (κ2) is 11.5. The maximum atomic E-state index is 13.5. The highest BCUT2D eigenvalue weighted by molar-refractivity contribution is 6.47. The molecule has 7 heteroatoms. The number of hydrogen-bond donors (Lipinski definition) is 1. The largest absolute Gasteiger partial charge is 0.507 e. The van der Waals surface area contributed by atoms with Crippen LogP contribution in [0.15, 0.2) is 72.3 Å². The lowest BCUT2D eigenvalue weighted by atomic mass is 9.85. The van der Waals surface area contributed by atoms with Crippen LogP contribution in [0.4, 0.5) is 0 Å². The van der Waals surface area contributed by atoms with Gasteiger partial charge in [-0.2, -0.15) is 0 Å². The van der Waals surface area contributed by atoms with Crippen molar-refractivity contribution in [1.82, 2.24) is 4.90 Å². The van der Waals surface area contributed by atoms with E-state index in [1.165, 1.54) is 4.90 Å². The second-order valence-corrected chi connectivity index (χ2v) is 10.9. The predicted molar refractivity (Wildman–Crippen MR) is 153 cm³/mol. The van der Waals surface area contributed by atoms with Gasteiger partial charge in [0, 0.05) is 12.1 Å². The summed E-state index contributed by atoms with van der Waals surface area (Å²) < 4.78 is 11.2. The van der Waals surface area contributed by atoms with Gasteiger partial charge in [-0.05, 0) is 66.3 Å². The summed E-state index contributed by atoms with van der Waals surface area (Å²) in [6.45, 7) is 11.2. The van der Waals surface area contributed by atoms with Gasteiger partial charge in [0.25, 0.3) is 11.7 Å². The van der Waals surface area contributed by atoms with Crippen LogP contribution in [0.25, 0.3) is 5.76 Å². The van der Waals surface area contributed by atoms with Crippen molar-refractivity contribution in [3.63, 3.8) is 0 Å². The van der Waals surface area contributed by atoms with E-state index in [-0.39, 0.29) is 33.9 Å². The van der Waals surface area contributed by atoms with E-state index >= 15 is 0 Å². The third-order valence-electron chi connectivity index (χ3n) is 6.70. The molecule has 39 heavy (non-hydrogen) atoms. The Morgan fingerprint density at radius 3 is 2.18 bits per heavy atom. The van der Waals surface area contributed by atoms with Crippen LogP contribution in [-0.4, -0.2) is 34.9 Å². The Labute approximate surface area is 234 Å². The first-order chi connectivity index (χ1) is 18.5. The normalized spacial score (nSPS) is 17.0. The van der Waals surface area contributed by atoms with Crippen molar-refractivity contribution in [2.24, 2.45) is 0 Å². The van der Waals surface area contributed by atoms with Gasteiger partial charge in [-0.3, -0.25) is 9.59 Å². The Bertz CT molecular complexity index is 1400. The van der Waals surface area contributed by atoms with E-state index in [0.717, 1.165) is 11.1 Å². The lowest BCUT2D eigenvalue weighted by molar-refractivity contribution is -0.140. The zero-order chi connectivity index (χ0) is 28.3. The van der Waals surface area contributed by atoms with Crippen molar-refractivity contribution in [1.29, 1.82) is 0 Å². The first-order valence-corrected chi connectivity index (χ1v) is 13.5. The summed E-state index contributed by atoms with van der Waals surface area (Å²) in [7, 11) is 0. The topological polar surface area (TPSA) is 76.1 Å². The second-order valence-electron chi connectivity index (χ2n) is 10.5. The number of carbonyl (C=O) groups excluding carboxylic acids is 2. The fraction of sp³-hybridized carbons (Fsp3) is 0.312. The van der Waals surface area contributed by atoms with Crippen LogP contribution in [0.5, 0.6) is 11.5 Å². The van der Waals surface area contributed by atoms with Crippen LogP contribution >= 0.6 is 11.6 Å². The number of amides is 1. The minimum Gasteiger partial charge on any atom is -0.507 e. The Morgan fingerprint density at radius 1 is 0.923 bits per heavy atom. The molecule has 3 aromatic carbocycles. The lowest BCUT2D eigenvalue weighted by Crippen LogP contribution is -2.29. The van der Waals surface area contributed by atoms with Gasteiger partial charge in [0.15, 0.2) is 0 Å². The highest BCUT2D eigenvalue weighted by Gasteiger charge is 2.46. The van der Waals surface area contributed by atoms with Crippen LogP contribution in [-0.2, 0) is 21.5 Å². The Morgan fingerprint density at radius 2 is 1.56 bits per heavy atom. The number of likely N-dealkylation sites (tertiary alicyclic amines) is 1. The molecular weight excluding hydrogens is 514 g/mol. The van der Waals surface area contributed by atoms with Crippen molar-refractivity contribution in [2.75, 3.05) is 13.2 Å². The Kier molecular flexibility index (Phi) is 8.36. The summed E-state index contributed by atoms with van der Waals surface area (Å²) in [6.07, 6.45) is 0. The summed E-state index contributed by atoms with van der Waals surface area (Å²) in [5.41, 5.74) is 2.76. The Balaban J connectivity index is 1.86. The maximum absolute atomic E-state index is 13.5.